The molecule has 2 N–H and O–H groups in total. The minimum absolute atomic E-state index is 0.0244. The minimum atomic E-state index is -0.838. The number of hydrogen-bond donors (Lipinski definition) is 2. The quantitative estimate of drug-likeness (QED) is 0.0928. The van der Waals surface area contributed by atoms with Crippen LogP contribution < -0.4 is 10.6 Å². The summed E-state index contributed by atoms with van der Waals surface area (Å²) in [5.41, 5.74) is 4.89. The molecule has 8 rings (SSSR count). The summed E-state index contributed by atoms with van der Waals surface area (Å²) in [4.78, 5) is 65.5. The van der Waals surface area contributed by atoms with Crippen LogP contribution in [0, 0.1) is 12.8 Å². The molecule has 0 spiro atoms. The fourth-order valence-corrected chi connectivity index (χ4v) is 9.39. The smallest absolute Gasteiger partial charge is 0.254 e. The van der Waals surface area contributed by atoms with E-state index in [0.29, 0.717) is 44.9 Å². The monoisotopic (exact) mass is 807 g/mol. The Morgan fingerprint density at radius 1 is 0.883 bits per heavy atom. The number of rotatable bonds is 17. The van der Waals surface area contributed by atoms with Crippen molar-refractivity contribution in [1.82, 2.24) is 25.4 Å². The van der Waals surface area contributed by atoms with Gasteiger partial charge in [-0.15, -0.1) is 0 Å². The topological polar surface area (TPSA) is 121 Å². The van der Waals surface area contributed by atoms with Crippen LogP contribution >= 0.6 is 0 Å². The van der Waals surface area contributed by atoms with Crippen LogP contribution in [0.3, 0.4) is 0 Å². The van der Waals surface area contributed by atoms with E-state index in [9.17, 15) is 14.4 Å². The number of carbonyl (C=O) groups excluding carboxylic acids is 4. The maximum atomic E-state index is 15.3. The fourth-order valence-electron chi connectivity index (χ4n) is 9.39. The van der Waals surface area contributed by atoms with Crippen molar-refractivity contribution in [1.29, 1.82) is 0 Å². The number of aryl methyl sites for hydroxylation is 2. The van der Waals surface area contributed by atoms with Crippen molar-refractivity contribution in [2.24, 2.45) is 5.92 Å². The maximum Gasteiger partial charge on any atom is 0.254 e. The Bertz CT molecular complexity index is 2360. The third kappa shape index (κ3) is 8.80. The van der Waals surface area contributed by atoms with Crippen LogP contribution in [-0.2, 0) is 36.8 Å². The summed E-state index contributed by atoms with van der Waals surface area (Å²) in [6, 6.07) is 30.5. The molecule has 5 unspecified atom stereocenters. The van der Waals surface area contributed by atoms with Crippen LogP contribution in [-0.4, -0.2) is 74.7 Å². The first-order valence-corrected chi connectivity index (χ1v) is 21.9. The molecular formula is C50H57N5O5. The molecule has 2 aliphatic heterocycles. The summed E-state index contributed by atoms with van der Waals surface area (Å²) in [7, 11) is 0. The highest BCUT2D eigenvalue weighted by molar-refractivity contribution is 5.99. The lowest BCUT2D eigenvalue weighted by atomic mass is 9.79. The number of amides is 4. The molecule has 3 fully saturated rings. The van der Waals surface area contributed by atoms with Crippen LogP contribution in [0.2, 0.25) is 0 Å². The first kappa shape index (κ1) is 41.1. The molecule has 60 heavy (non-hydrogen) atoms. The molecule has 10 heteroatoms. The Morgan fingerprint density at radius 2 is 1.65 bits per heavy atom. The molecule has 2 saturated heterocycles. The van der Waals surface area contributed by atoms with Gasteiger partial charge in [-0.25, -0.2) is 0 Å². The van der Waals surface area contributed by atoms with E-state index in [1.807, 2.05) is 63.2 Å². The van der Waals surface area contributed by atoms with Gasteiger partial charge in [-0.1, -0.05) is 85.8 Å². The molecule has 4 amide bonds. The average molecular weight is 808 g/mol. The normalized spacial score (nSPS) is 21.4. The largest absolute Gasteiger partial charge is 0.354 e. The Kier molecular flexibility index (Phi) is 12.3. The van der Waals surface area contributed by atoms with E-state index in [2.05, 4.69) is 77.1 Å². The highest BCUT2D eigenvalue weighted by Gasteiger charge is 2.60. The first-order valence-electron chi connectivity index (χ1n) is 21.9. The maximum absolute atomic E-state index is 15.3. The second-order valence-corrected chi connectivity index (χ2v) is 17.3. The van der Waals surface area contributed by atoms with Gasteiger partial charge in [0.25, 0.3) is 5.91 Å². The number of fused-ring (bicyclic) bond motifs is 2. The zero-order valence-corrected chi connectivity index (χ0v) is 35.2. The van der Waals surface area contributed by atoms with Gasteiger partial charge in [-0.3, -0.25) is 29.1 Å². The Morgan fingerprint density at radius 3 is 2.42 bits per heavy atom. The predicted molar refractivity (Wildman–Crippen MR) is 234 cm³/mol. The molecule has 1 aromatic heterocycles. The number of β-lactam (4-membered cyclic amide) rings is 1. The molecule has 0 bridgehead atoms. The van der Waals surface area contributed by atoms with Gasteiger partial charge in [0.1, 0.15) is 18.2 Å². The number of likely N-dealkylation sites (tertiary alicyclic amines) is 1. The summed E-state index contributed by atoms with van der Waals surface area (Å²) in [6.07, 6.45) is 5.69. The molecule has 312 valence electrons. The van der Waals surface area contributed by atoms with E-state index < -0.39 is 30.5 Å². The molecule has 1 aliphatic carbocycles. The number of nitrogens with zero attached hydrogens (tertiary/aromatic N) is 3. The lowest BCUT2D eigenvalue weighted by Gasteiger charge is -2.55. The first-order chi connectivity index (χ1) is 29.1. The van der Waals surface area contributed by atoms with Crippen LogP contribution in [0.1, 0.15) is 94.2 Å². The van der Waals surface area contributed by atoms with Crippen molar-refractivity contribution in [3.8, 4) is 0 Å². The van der Waals surface area contributed by atoms with Gasteiger partial charge in [0.15, 0.2) is 6.23 Å². The van der Waals surface area contributed by atoms with E-state index in [0.717, 1.165) is 56.8 Å². The number of aromatic nitrogens is 1. The van der Waals surface area contributed by atoms with E-state index >= 15 is 4.79 Å². The van der Waals surface area contributed by atoms with Crippen molar-refractivity contribution in [2.75, 3.05) is 0 Å². The third-order valence-electron chi connectivity index (χ3n) is 12.5. The van der Waals surface area contributed by atoms with Crippen LogP contribution in [0.15, 0.2) is 103 Å². The summed E-state index contributed by atoms with van der Waals surface area (Å²) >= 11 is 0. The summed E-state index contributed by atoms with van der Waals surface area (Å²) in [5, 5.41) is 9.47. The molecule has 5 aromatic rings. The van der Waals surface area contributed by atoms with E-state index in [-0.39, 0.29) is 41.6 Å². The molecule has 0 radical (unpaired) electrons. The van der Waals surface area contributed by atoms with Gasteiger partial charge in [-0.05, 0) is 124 Å². The minimum Gasteiger partial charge on any atom is -0.354 e. The van der Waals surface area contributed by atoms with E-state index in [4.69, 9.17) is 4.74 Å². The Balaban J connectivity index is 1.18. The van der Waals surface area contributed by atoms with Crippen LogP contribution in [0.4, 0.5) is 0 Å². The van der Waals surface area contributed by atoms with Gasteiger partial charge >= 0.3 is 0 Å². The number of carbonyl (C=O) groups is 4. The fraction of sp³-hybridized carbons (Fsp3) is 0.420. The molecule has 3 heterocycles. The van der Waals surface area contributed by atoms with Crippen molar-refractivity contribution in [2.45, 2.75) is 128 Å². The highest BCUT2D eigenvalue weighted by atomic mass is 16.5. The molecule has 3 aliphatic rings. The summed E-state index contributed by atoms with van der Waals surface area (Å²) in [5.74, 6) is -0.944. The van der Waals surface area contributed by atoms with Gasteiger partial charge in [-0.2, -0.15) is 0 Å². The summed E-state index contributed by atoms with van der Waals surface area (Å²) < 4.78 is 6.60. The summed E-state index contributed by atoms with van der Waals surface area (Å²) in [6.45, 7) is 7.88. The number of hydrogen-bond acceptors (Lipinski definition) is 6. The second kappa shape index (κ2) is 17.9. The molecule has 1 saturated carbocycles. The molecule has 6 atom stereocenters. The zero-order valence-electron chi connectivity index (χ0n) is 35.2. The van der Waals surface area contributed by atoms with Crippen LogP contribution in [0.5, 0.6) is 0 Å². The predicted octanol–water partition coefficient (Wildman–Crippen LogP) is 7.75. The van der Waals surface area contributed by atoms with Crippen molar-refractivity contribution in [3.63, 3.8) is 0 Å². The van der Waals surface area contributed by atoms with Crippen molar-refractivity contribution < 1.29 is 23.9 Å². The number of ether oxygens (including phenoxy) is 1. The SMILES string of the molecule is CCC1OC(c2cc(C)c3ccccc3c2)N(C2C(=O)N(C(C(=O)NC3CC3)[C@@H](CCCC(=O)NC(C)C)Cc3ccccc3)C2CCc2ccc3cccnc3c2)C1=O. The van der Waals surface area contributed by atoms with Gasteiger partial charge < -0.3 is 20.3 Å². The second-order valence-electron chi connectivity index (χ2n) is 17.3. The van der Waals surface area contributed by atoms with Crippen LogP contribution in [0.25, 0.3) is 21.7 Å². The average Bonchev–Trinajstić information content (AvgIpc) is 4.00. The van der Waals surface area contributed by atoms with Gasteiger partial charge in [0.2, 0.25) is 17.7 Å². The van der Waals surface area contributed by atoms with E-state index in [1.54, 1.807) is 16.0 Å². The number of benzene rings is 4. The third-order valence-corrected chi connectivity index (χ3v) is 12.5. The Labute approximate surface area is 353 Å². The number of nitrogens with one attached hydrogen (secondary N) is 2. The molecule has 4 aromatic carbocycles. The van der Waals surface area contributed by atoms with E-state index in [1.165, 1.54) is 0 Å². The Hall–Kier alpha value is -5.61. The molecular weight excluding hydrogens is 751 g/mol. The standard InChI is InChI=1S/C50H57N5O5/c1-5-43-48(58)55(50(60-43)38-27-32(4)40-18-10-9-15-36(40)30-38)46-42(25-21-34-20-22-35-17-12-26-51-41(35)29-34)54(49(46)59)45(47(57)53-39-23-24-39)37(28-33-13-7-6-8-14-33)16-11-19-44(56)52-31(2)3/h6-10,12-15,17-18,20,22,26-27,29-31,37,39,42-43,45-46,50H,5,11,16,19,21,23-25,28H2,1-4H3,(H,52,56)(H,53,57)/t37-,42?,43?,45?,46?,50?/m0/s1. The molecule has 10 nitrogen and oxygen atoms in total. The lowest BCUT2D eigenvalue weighted by molar-refractivity contribution is -0.178. The highest BCUT2D eigenvalue weighted by Crippen LogP contribution is 2.44. The van der Waals surface area contributed by atoms with Crippen molar-refractivity contribution >= 4 is 45.3 Å². The van der Waals surface area contributed by atoms with Gasteiger partial charge in [0.05, 0.1) is 11.6 Å². The number of pyridine rings is 1. The van der Waals surface area contributed by atoms with Crippen molar-refractivity contribution in [3.05, 3.63) is 126 Å². The zero-order chi connectivity index (χ0) is 41.9. The van der Waals surface area contributed by atoms with Gasteiger partial charge in [0, 0.05) is 35.7 Å². The lowest BCUT2D eigenvalue weighted by Crippen LogP contribution is -2.76.